The van der Waals surface area contributed by atoms with E-state index in [0.717, 1.165) is 11.6 Å². The predicted molar refractivity (Wildman–Crippen MR) is 116 cm³/mol. The fourth-order valence-electron chi connectivity index (χ4n) is 2.96. The molecule has 0 amide bonds. The van der Waals surface area contributed by atoms with E-state index in [1.165, 1.54) is 12.1 Å². The third-order valence-electron chi connectivity index (χ3n) is 4.84. The van der Waals surface area contributed by atoms with Crippen molar-refractivity contribution in [1.82, 2.24) is 0 Å². The van der Waals surface area contributed by atoms with E-state index >= 15 is 0 Å². The first-order chi connectivity index (χ1) is 16.0. The minimum atomic E-state index is -4.40. The van der Waals surface area contributed by atoms with Gasteiger partial charge in [-0.2, -0.15) is 8.78 Å². The highest BCUT2D eigenvalue weighted by Gasteiger charge is 2.38. The second-order valence-corrected chi connectivity index (χ2v) is 7.29. The van der Waals surface area contributed by atoms with Gasteiger partial charge in [-0.05, 0) is 42.3 Å². The van der Waals surface area contributed by atoms with Crippen LogP contribution in [0.3, 0.4) is 0 Å². The van der Waals surface area contributed by atoms with Gasteiger partial charge in [0.25, 0.3) is 0 Å². The van der Waals surface area contributed by atoms with Crippen LogP contribution in [0.25, 0.3) is 16.7 Å². The maximum absolute atomic E-state index is 14.7. The monoisotopic (exact) mass is 478 g/mol. The Morgan fingerprint density at radius 3 is 2.09 bits per heavy atom. The van der Waals surface area contributed by atoms with E-state index in [1.807, 2.05) is 19.1 Å². The molecule has 0 bridgehead atoms. The molecule has 0 saturated heterocycles. The van der Waals surface area contributed by atoms with Crippen molar-refractivity contribution in [3.63, 3.8) is 0 Å². The van der Waals surface area contributed by atoms with Gasteiger partial charge in [0.15, 0.2) is 11.6 Å². The highest BCUT2D eigenvalue weighted by atomic mass is 19.3. The number of alkyl halides is 2. The van der Waals surface area contributed by atoms with Crippen molar-refractivity contribution < 1.29 is 35.5 Å². The van der Waals surface area contributed by atoms with Crippen molar-refractivity contribution in [2.24, 2.45) is 0 Å². The van der Waals surface area contributed by atoms with E-state index in [0.29, 0.717) is 35.4 Å². The van der Waals surface area contributed by atoms with E-state index in [-0.39, 0.29) is 11.9 Å². The summed E-state index contributed by atoms with van der Waals surface area (Å²) in [6, 6.07) is 12.5. The summed E-state index contributed by atoms with van der Waals surface area (Å²) >= 11 is 0. The summed E-state index contributed by atoms with van der Waals surface area (Å²) in [5.41, 5.74) is -0.435. The van der Waals surface area contributed by atoms with E-state index < -0.39 is 46.3 Å². The normalized spacial score (nSPS) is 12.6. The van der Waals surface area contributed by atoms with Gasteiger partial charge in [-0.15, -0.1) is 0 Å². The molecule has 176 valence electrons. The first-order valence-corrected chi connectivity index (χ1v) is 9.78. The molecule has 1 nitrogen and oxygen atoms in total. The number of halogens is 7. The summed E-state index contributed by atoms with van der Waals surface area (Å²) in [4.78, 5) is 0. The Labute approximate surface area is 191 Å². The van der Waals surface area contributed by atoms with Crippen LogP contribution in [0.1, 0.15) is 11.1 Å². The molecule has 34 heavy (non-hydrogen) atoms. The standard InChI is InChI=1S/C26H17F7O/c1-15-3-5-17(6-4-15)18-7-9-21(24(30)11-18)19(14-27)12-23(29)16(2)26(32,33)34-20-8-10-22(28)25(31)13-20/h3-14H,2H2,1H3/b19-14+,23-12+. The third-order valence-corrected chi connectivity index (χ3v) is 4.84. The molecule has 3 aromatic carbocycles. The maximum atomic E-state index is 14.7. The Morgan fingerprint density at radius 2 is 1.50 bits per heavy atom. The Bertz CT molecular complexity index is 1270. The van der Waals surface area contributed by atoms with Crippen LogP contribution in [0.4, 0.5) is 30.7 Å². The van der Waals surface area contributed by atoms with Gasteiger partial charge in [0, 0.05) is 17.2 Å². The van der Waals surface area contributed by atoms with Crippen molar-refractivity contribution in [2.75, 3.05) is 0 Å². The second kappa shape index (κ2) is 9.99. The number of hydrogen-bond acceptors (Lipinski definition) is 1. The first kappa shape index (κ1) is 24.8. The summed E-state index contributed by atoms with van der Waals surface area (Å²) in [6.45, 7) is 4.78. The number of rotatable bonds is 7. The lowest BCUT2D eigenvalue weighted by atomic mass is 9.99. The van der Waals surface area contributed by atoms with Gasteiger partial charge in [-0.3, -0.25) is 0 Å². The number of allylic oxidation sites excluding steroid dienone is 2. The molecule has 0 spiro atoms. The van der Waals surface area contributed by atoms with Gasteiger partial charge in [-0.1, -0.05) is 48.5 Å². The number of aryl methyl sites for hydroxylation is 1. The summed E-state index contributed by atoms with van der Waals surface area (Å²) in [5, 5.41) is 0. The quantitative estimate of drug-likeness (QED) is 0.244. The summed E-state index contributed by atoms with van der Waals surface area (Å²) in [7, 11) is 0. The first-order valence-electron chi connectivity index (χ1n) is 9.78. The molecule has 3 aromatic rings. The van der Waals surface area contributed by atoms with Crippen LogP contribution in [0.15, 0.2) is 91.0 Å². The molecular formula is C26H17F7O. The molecular weight excluding hydrogens is 461 g/mol. The third kappa shape index (κ3) is 5.57. The van der Waals surface area contributed by atoms with Gasteiger partial charge < -0.3 is 4.74 Å². The molecule has 0 heterocycles. The molecule has 0 atom stereocenters. The van der Waals surface area contributed by atoms with Crippen molar-refractivity contribution in [2.45, 2.75) is 13.0 Å². The van der Waals surface area contributed by atoms with E-state index in [1.54, 1.807) is 12.1 Å². The average Bonchev–Trinajstić information content (AvgIpc) is 2.79. The van der Waals surface area contributed by atoms with Gasteiger partial charge in [0.1, 0.15) is 17.4 Å². The molecule has 0 N–H and O–H groups in total. The number of hydrogen-bond donors (Lipinski definition) is 0. The van der Waals surface area contributed by atoms with Crippen molar-refractivity contribution >= 4 is 5.57 Å². The highest BCUT2D eigenvalue weighted by molar-refractivity contribution is 5.77. The van der Waals surface area contributed by atoms with Gasteiger partial charge in [-0.25, -0.2) is 22.0 Å². The lowest BCUT2D eigenvalue weighted by Crippen LogP contribution is -2.27. The summed E-state index contributed by atoms with van der Waals surface area (Å²) in [5.74, 6) is -6.17. The molecule has 3 rings (SSSR count). The zero-order valence-corrected chi connectivity index (χ0v) is 17.7. The minimum Gasteiger partial charge on any atom is -0.429 e. The van der Waals surface area contributed by atoms with E-state index in [9.17, 15) is 30.7 Å². The van der Waals surface area contributed by atoms with Crippen LogP contribution in [0.2, 0.25) is 0 Å². The smallest absolute Gasteiger partial charge is 0.428 e. The summed E-state index contributed by atoms with van der Waals surface area (Å²) in [6.07, 6.45) is -4.22. The van der Waals surface area contributed by atoms with E-state index in [4.69, 9.17) is 0 Å². The lowest BCUT2D eigenvalue weighted by Gasteiger charge is -2.19. The van der Waals surface area contributed by atoms with Crippen LogP contribution in [0.5, 0.6) is 5.75 Å². The topological polar surface area (TPSA) is 9.23 Å². The van der Waals surface area contributed by atoms with Crippen molar-refractivity contribution in [3.8, 4) is 16.9 Å². The SMILES string of the molecule is C=C(/C(F)=C\C(=C/F)c1ccc(-c2ccc(C)cc2)cc1F)C(F)(F)Oc1ccc(F)c(F)c1. The Kier molecular flexibility index (Phi) is 7.29. The molecule has 0 aromatic heterocycles. The Hall–Kier alpha value is -3.81. The Balaban J connectivity index is 1.84. The molecule has 0 aliphatic heterocycles. The zero-order chi connectivity index (χ0) is 25.0. The minimum absolute atomic E-state index is 0.148. The second-order valence-electron chi connectivity index (χ2n) is 7.29. The van der Waals surface area contributed by atoms with Crippen LogP contribution in [0, 0.1) is 24.4 Å². The molecule has 0 fully saturated rings. The average molecular weight is 478 g/mol. The summed E-state index contributed by atoms with van der Waals surface area (Å²) < 4.78 is 102. The lowest BCUT2D eigenvalue weighted by molar-refractivity contribution is -0.141. The van der Waals surface area contributed by atoms with Gasteiger partial charge in [0.2, 0.25) is 0 Å². The number of ether oxygens (including phenoxy) is 1. The molecule has 0 radical (unpaired) electrons. The van der Waals surface area contributed by atoms with Crippen LogP contribution in [-0.2, 0) is 0 Å². The fraction of sp³-hybridized carbons (Fsp3) is 0.0769. The van der Waals surface area contributed by atoms with Gasteiger partial charge >= 0.3 is 6.11 Å². The predicted octanol–water partition coefficient (Wildman–Crippen LogP) is 8.47. The molecule has 0 aliphatic carbocycles. The molecule has 0 unspecified atom stereocenters. The van der Waals surface area contributed by atoms with Gasteiger partial charge in [0.05, 0.1) is 11.9 Å². The van der Waals surface area contributed by atoms with Crippen LogP contribution >= 0.6 is 0 Å². The van der Waals surface area contributed by atoms with Crippen LogP contribution < -0.4 is 4.74 Å². The van der Waals surface area contributed by atoms with Crippen molar-refractivity contribution in [1.29, 1.82) is 0 Å². The van der Waals surface area contributed by atoms with Crippen LogP contribution in [-0.4, -0.2) is 6.11 Å². The number of benzene rings is 3. The fourth-order valence-corrected chi connectivity index (χ4v) is 2.96. The van der Waals surface area contributed by atoms with Crippen molar-refractivity contribution in [3.05, 3.63) is 120 Å². The largest absolute Gasteiger partial charge is 0.429 e. The Morgan fingerprint density at radius 1 is 0.853 bits per heavy atom. The zero-order valence-electron chi connectivity index (χ0n) is 17.7. The maximum Gasteiger partial charge on any atom is 0.428 e. The molecule has 0 aliphatic rings. The molecule has 8 heteroatoms. The molecule has 0 saturated carbocycles. The highest BCUT2D eigenvalue weighted by Crippen LogP contribution is 2.35. The van der Waals surface area contributed by atoms with E-state index in [2.05, 4.69) is 11.3 Å².